The van der Waals surface area contributed by atoms with Crippen LogP contribution in [-0.4, -0.2) is 21.0 Å². The molecule has 0 amide bonds. The zero-order valence-electron chi connectivity index (χ0n) is 13.1. The van der Waals surface area contributed by atoms with E-state index in [1.54, 1.807) is 0 Å². The van der Waals surface area contributed by atoms with Gasteiger partial charge in [-0.1, -0.05) is 51.1 Å². The van der Waals surface area contributed by atoms with Crippen molar-refractivity contribution in [3.63, 3.8) is 0 Å². The van der Waals surface area contributed by atoms with Crippen LogP contribution in [0.15, 0.2) is 30.3 Å². The molecule has 1 aromatic rings. The minimum atomic E-state index is -1.71. The van der Waals surface area contributed by atoms with E-state index in [9.17, 15) is 0 Å². The molecule has 1 aromatic carbocycles. The Morgan fingerprint density at radius 3 is 2.21 bits per heavy atom. The van der Waals surface area contributed by atoms with E-state index in [1.165, 1.54) is 5.56 Å². The van der Waals surface area contributed by atoms with Crippen molar-refractivity contribution < 1.29 is 4.43 Å². The molecule has 0 aliphatic carbocycles. The molecule has 0 spiro atoms. The topological polar surface area (TPSA) is 35.2 Å². The van der Waals surface area contributed by atoms with Crippen molar-refractivity contribution in [1.82, 2.24) is 0 Å². The van der Waals surface area contributed by atoms with Gasteiger partial charge >= 0.3 is 0 Å². The minimum absolute atomic E-state index is 0.244. The normalized spacial score (nSPS) is 14.4. The van der Waals surface area contributed by atoms with Crippen molar-refractivity contribution in [2.45, 2.75) is 57.8 Å². The van der Waals surface area contributed by atoms with Crippen LogP contribution >= 0.6 is 0 Å². The Balaban J connectivity index is 2.73. The standard InChI is InChI=1S/C16H29NOSi/c1-16(2,3)19(4,5)18-15(11-12-17)13-14-9-7-6-8-10-14/h6-10,15H,11-13,17H2,1-5H3. The van der Waals surface area contributed by atoms with Crippen LogP contribution in [-0.2, 0) is 10.8 Å². The van der Waals surface area contributed by atoms with E-state index in [-0.39, 0.29) is 11.1 Å². The molecule has 1 unspecified atom stereocenters. The van der Waals surface area contributed by atoms with E-state index in [2.05, 4.69) is 64.2 Å². The molecule has 0 radical (unpaired) electrons. The SMILES string of the molecule is CC(C)(C)[Si](C)(C)OC(CCN)Cc1ccccc1. The Hall–Kier alpha value is -0.643. The number of rotatable bonds is 6. The second-order valence-corrected chi connectivity index (χ2v) is 11.5. The van der Waals surface area contributed by atoms with Gasteiger partial charge in [0.25, 0.3) is 0 Å². The quantitative estimate of drug-likeness (QED) is 0.800. The molecule has 1 rings (SSSR count). The van der Waals surface area contributed by atoms with Crippen molar-refractivity contribution in [2.75, 3.05) is 6.54 Å². The highest BCUT2D eigenvalue weighted by Crippen LogP contribution is 2.37. The number of benzene rings is 1. The number of nitrogens with two attached hydrogens (primary N) is 1. The highest BCUT2D eigenvalue weighted by molar-refractivity contribution is 6.74. The summed E-state index contributed by atoms with van der Waals surface area (Å²) in [6.07, 6.45) is 2.14. The van der Waals surface area contributed by atoms with E-state index in [0.29, 0.717) is 6.54 Å². The zero-order chi connectivity index (χ0) is 14.5. The molecule has 0 saturated carbocycles. The van der Waals surface area contributed by atoms with Crippen LogP contribution in [0.4, 0.5) is 0 Å². The smallest absolute Gasteiger partial charge is 0.192 e. The summed E-state index contributed by atoms with van der Waals surface area (Å²) in [5, 5.41) is 0.247. The Morgan fingerprint density at radius 1 is 1.16 bits per heavy atom. The van der Waals surface area contributed by atoms with Gasteiger partial charge in [0.2, 0.25) is 0 Å². The second-order valence-electron chi connectivity index (χ2n) is 6.77. The molecule has 2 nitrogen and oxygen atoms in total. The van der Waals surface area contributed by atoms with Crippen LogP contribution in [0.5, 0.6) is 0 Å². The summed E-state index contributed by atoms with van der Waals surface area (Å²) < 4.78 is 6.51. The number of hydrogen-bond acceptors (Lipinski definition) is 2. The van der Waals surface area contributed by atoms with Gasteiger partial charge in [-0.2, -0.15) is 0 Å². The first-order valence-electron chi connectivity index (χ1n) is 7.18. The maximum atomic E-state index is 6.51. The highest BCUT2D eigenvalue weighted by Gasteiger charge is 2.38. The van der Waals surface area contributed by atoms with Crippen molar-refractivity contribution in [1.29, 1.82) is 0 Å². The van der Waals surface area contributed by atoms with Gasteiger partial charge in [0.15, 0.2) is 8.32 Å². The van der Waals surface area contributed by atoms with E-state index >= 15 is 0 Å². The lowest BCUT2D eigenvalue weighted by atomic mass is 10.1. The molecule has 3 heteroatoms. The van der Waals surface area contributed by atoms with Crippen LogP contribution < -0.4 is 5.73 Å². The van der Waals surface area contributed by atoms with Gasteiger partial charge in [-0.25, -0.2) is 0 Å². The average molecular weight is 279 g/mol. The predicted molar refractivity (Wildman–Crippen MR) is 85.9 cm³/mol. The summed E-state index contributed by atoms with van der Waals surface area (Å²) in [7, 11) is -1.71. The molecule has 0 heterocycles. The molecule has 0 aliphatic heterocycles. The molecule has 2 N–H and O–H groups in total. The molecule has 0 aromatic heterocycles. The van der Waals surface area contributed by atoms with Gasteiger partial charge in [-0.05, 0) is 43.1 Å². The van der Waals surface area contributed by atoms with Crippen LogP contribution in [0.25, 0.3) is 0 Å². The molecule has 0 fully saturated rings. The number of hydrogen-bond donors (Lipinski definition) is 1. The second kappa shape index (κ2) is 6.68. The maximum absolute atomic E-state index is 6.51. The maximum Gasteiger partial charge on any atom is 0.192 e. The van der Waals surface area contributed by atoms with E-state index in [0.717, 1.165) is 12.8 Å². The summed E-state index contributed by atoms with van der Waals surface area (Å²) in [5.41, 5.74) is 7.08. The lowest BCUT2D eigenvalue weighted by molar-refractivity contribution is 0.173. The summed E-state index contributed by atoms with van der Waals surface area (Å²) in [6, 6.07) is 10.6. The first kappa shape index (κ1) is 16.4. The summed E-state index contributed by atoms with van der Waals surface area (Å²) >= 11 is 0. The van der Waals surface area contributed by atoms with Gasteiger partial charge in [0.1, 0.15) is 0 Å². The summed E-state index contributed by atoms with van der Waals surface area (Å²) in [4.78, 5) is 0. The van der Waals surface area contributed by atoms with E-state index in [1.807, 2.05) is 0 Å². The average Bonchev–Trinajstić information content (AvgIpc) is 2.28. The van der Waals surface area contributed by atoms with Crippen molar-refractivity contribution in [3.8, 4) is 0 Å². The minimum Gasteiger partial charge on any atom is -0.414 e. The lowest BCUT2D eigenvalue weighted by Gasteiger charge is -2.39. The third-order valence-corrected chi connectivity index (χ3v) is 8.60. The van der Waals surface area contributed by atoms with E-state index < -0.39 is 8.32 Å². The molecule has 19 heavy (non-hydrogen) atoms. The van der Waals surface area contributed by atoms with Gasteiger partial charge in [0, 0.05) is 0 Å². The monoisotopic (exact) mass is 279 g/mol. The molecule has 1 atom stereocenters. The fraction of sp³-hybridized carbons (Fsp3) is 0.625. The first-order chi connectivity index (χ1) is 8.76. The van der Waals surface area contributed by atoms with Crippen LogP contribution in [0.2, 0.25) is 18.1 Å². The third-order valence-electron chi connectivity index (χ3n) is 4.06. The fourth-order valence-corrected chi connectivity index (χ4v) is 3.25. The van der Waals surface area contributed by atoms with Gasteiger partial charge < -0.3 is 10.2 Å². The Morgan fingerprint density at radius 2 is 1.74 bits per heavy atom. The van der Waals surface area contributed by atoms with Gasteiger partial charge in [-0.15, -0.1) is 0 Å². The Kier molecular flexibility index (Phi) is 5.77. The fourth-order valence-electron chi connectivity index (χ4n) is 1.86. The van der Waals surface area contributed by atoms with Crippen LogP contribution in [0.3, 0.4) is 0 Å². The molecule has 108 valence electrons. The molecule has 0 saturated heterocycles. The molecular weight excluding hydrogens is 250 g/mol. The third kappa shape index (κ3) is 5.09. The van der Waals surface area contributed by atoms with Gasteiger partial charge in [-0.3, -0.25) is 0 Å². The lowest BCUT2D eigenvalue weighted by Crippen LogP contribution is -2.44. The predicted octanol–water partition coefficient (Wildman–Crippen LogP) is 3.97. The Labute approximate surface area is 119 Å². The van der Waals surface area contributed by atoms with Crippen molar-refractivity contribution in [2.24, 2.45) is 5.73 Å². The molecular formula is C16H29NOSi. The zero-order valence-corrected chi connectivity index (χ0v) is 14.1. The van der Waals surface area contributed by atoms with Crippen LogP contribution in [0, 0.1) is 0 Å². The summed E-state index contributed by atoms with van der Waals surface area (Å²) in [6.45, 7) is 12.1. The van der Waals surface area contributed by atoms with Crippen LogP contribution in [0.1, 0.15) is 32.8 Å². The van der Waals surface area contributed by atoms with E-state index in [4.69, 9.17) is 10.2 Å². The first-order valence-corrected chi connectivity index (χ1v) is 10.1. The van der Waals surface area contributed by atoms with Crippen molar-refractivity contribution >= 4 is 8.32 Å². The van der Waals surface area contributed by atoms with Crippen molar-refractivity contribution in [3.05, 3.63) is 35.9 Å². The largest absolute Gasteiger partial charge is 0.414 e. The Bertz CT molecular complexity index is 370. The van der Waals surface area contributed by atoms with Gasteiger partial charge in [0.05, 0.1) is 6.10 Å². The molecule has 0 bridgehead atoms. The molecule has 0 aliphatic rings. The highest BCUT2D eigenvalue weighted by atomic mass is 28.4. The summed E-state index contributed by atoms with van der Waals surface area (Å²) in [5.74, 6) is 0.